The fourth-order valence-corrected chi connectivity index (χ4v) is 6.47. The predicted molar refractivity (Wildman–Crippen MR) is 221 cm³/mol. The summed E-state index contributed by atoms with van der Waals surface area (Å²) in [7, 11) is 0. The number of aliphatic imine (C=N–C) groups is 2. The van der Waals surface area contributed by atoms with Crippen molar-refractivity contribution in [2.24, 2.45) is 38.8 Å². The summed E-state index contributed by atoms with van der Waals surface area (Å²) in [4.78, 5) is 114. The quantitative estimate of drug-likeness (QED) is 0.0266. The number of carboxylic acid groups (broad SMARTS) is 2. The summed E-state index contributed by atoms with van der Waals surface area (Å²) < 4.78 is 0. The van der Waals surface area contributed by atoms with Gasteiger partial charge in [0.25, 0.3) is 0 Å². The van der Waals surface area contributed by atoms with Crippen LogP contribution in [0.25, 0.3) is 0 Å². The second kappa shape index (κ2) is 25.1. The predicted octanol–water partition coefficient (Wildman–Crippen LogP) is -2.92. The monoisotopic (exact) mass is 860 g/mol. The van der Waals surface area contributed by atoms with Gasteiger partial charge >= 0.3 is 11.9 Å². The number of rotatable bonds is 25. The number of benzene rings is 1. The van der Waals surface area contributed by atoms with Gasteiger partial charge in [0.05, 0.1) is 6.42 Å². The Hall–Kier alpha value is -6.68. The molecule has 16 N–H and O–H groups in total. The first-order valence-electron chi connectivity index (χ1n) is 19.8. The fourth-order valence-electron chi connectivity index (χ4n) is 6.47. The molecule has 0 aliphatic carbocycles. The maximum Gasteiger partial charge on any atom is 0.326 e. The molecule has 2 rings (SSSR count). The number of aromatic hydroxyl groups is 1. The molecule has 23 heteroatoms. The van der Waals surface area contributed by atoms with Crippen LogP contribution in [-0.4, -0.2) is 135 Å². The highest BCUT2D eigenvalue weighted by molar-refractivity contribution is 5.98. The van der Waals surface area contributed by atoms with E-state index >= 15 is 0 Å². The van der Waals surface area contributed by atoms with Crippen molar-refractivity contribution in [2.45, 2.75) is 115 Å². The lowest BCUT2D eigenvalue weighted by atomic mass is 10.0. The van der Waals surface area contributed by atoms with Gasteiger partial charge in [-0.05, 0) is 68.6 Å². The van der Waals surface area contributed by atoms with Crippen molar-refractivity contribution < 1.29 is 53.7 Å². The number of phenolic OH excluding ortho intramolecular Hbond substituents is 1. The van der Waals surface area contributed by atoms with Crippen molar-refractivity contribution in [3.05, 3.63) is 29.8 Å². The largest absolute Gasteiger partial charge is 0.508 e. The lowest BCUT2D eigenvalue weighted by Crippen LogP contribution is -2.60. The Kier molecular flexibility index (Phi) is 20.7. The van der Waals surface area contributed by atoms with Gasteiger partial charge in [-0.15, -0.1) is 0 Å². The minimum atomic E-state index is -1.69. The highest BCUT2D eigenvalue weighted by Crippen LogP contribution is 2.18. The number of amides is 6. The lowest BCUT2D eigenvalue weighted by Gasteiger charge is -2.28. The molecule has 23 nitrogen and oxygen atoms in total. The summed E-state index contributed by atoms with van der Waals surface area (Å²) in [6.07, 6.45) is -0.184. The van der Waals surface area contributed by atoms with Gasteiger partial charge in [0.1, 0.15) is 42.0 Å². The summed E-state index contributed by atoms with van der Waals surface area (Å²) in [6.45, 7) is 5.18. The molecule has 6 amide bonds. The molecule has 6 atom stereocenters. The zero-order valence-electron chi connectivity index (χ0n) is 34.6. The second-order valence-corrected chi connectivity index (χ2v) is 15.0. The van der Waals surface area contributed by atoms with Crippen molar-refractivity contribution in [1.29, 1.82) is 0 Å². The standard InChI is InChI=1S/C38H60N12O11/c1-20(2)17-28(36(60)61)49-32(56)25(8-5-15-44-38(41)42)45-33(57)26(18-22-10-12-23(52)13-11-22)47-31(55)24(7-4-14-43-37(39)40)46-34(58)27(19-30(53)54)48-35(59)29-9-6-16-50(29)21(3)51/h10-13,20,24-29,52H,4-9,14-19H2,1-3H3,(H,45,57)(H,46,58)(H,47,55)(H,48,59)(H,49,56)(H,53,54)(H,60,61)(H4,39,40,43)(H4,41,42,44)/t24-,25-,26-,27-,28-,29-/m0/s1. The highest BCUT2D eigenvalue weighted by Gasteiger charge is 2.37. The van der Waals surface area contributed by atoms with E-state index < -0.39 is 84.1 Å². The van der Waals surface area contributed by atoms with E-state index in [2.05, 4.69) is 36.6 Å². The number of carboxylic acids is 2. The fraction of sp³-hybridized carbons (Fsp3) is 0.579. The Balaban J connectivity index is 2.48. The zero-order chi connectivity index (χ0) is 45.8. The van der Waals surface area contributed by atoms with Crippen LogP contribution in [0.3, 0.4) is 0 Å². The molecule has 0 aromatic heterocycles. The molecule has 1 aliphatic rings. The second-order valence-electron chi connectivity index (χ2n) is 15.0. The number of nitrogens with zero attached hydrogens (tertiary/aromatic N) is 3. The summed E-state index contributed by atoms with van der Waals surface area (Å²) in [6, 6.07) is -2.56. The van der Waals surface area contributed by atoms with Crippen molar-refractivity contribution >= 4 is 59.3 Å². The van der Waals surface area contributed by atoms with Crippen LogP contribution < -0.4 is 49.5 Å². The van der Waals surface area contributed by atoms with E-state index in [-0.39, 0.29) is 87.5 Å². The maximum absolute atomic E-state index is 14.1. The van der Waals surface area contributed by atoms with Gasteiger partial charge < -0.3 is 69.7 Å². The first-order valence-corrected chi connectivity index (χ1v) is 19.8. The number of carbonyl (C=O) groups excluding carboxylic acids is 6. The molecule has 338 valence electrons. The van der Waals surface area contributed by atoms with Crippen LogP contribution in [0.5, 0.6) is 5.75 Å². The molecule has 0 unspecified atom stereocenters. The average molecular weight is 861 g/mol. The Morgan fingerprint density at radius 3 is 1.66 bits per heavy atom. The van der Waals surface area contributed by atoms with E-state index in [0.29, 0.717) is 18.5 Å². The van der Waals surface area contributed by atoms with Gasteiger partial charge in [0, 0.05) is 33.0 Å². The van der Waals surface area contributed by atoms with Crippen LogP contribution in [0.4, 0.5) is 0 Å². The third kappa shape index (κ3) is 18.4. The molecular weight excluding hydrogens is 800 g/mol. The summed E-state index contributed by atoms with van der Waals surface area (Å²) >= 11 is 0. The van der Waals surface area contributed by atoms with E-state index in [1.54, 1.807) is 13.8 Å². The first-order chi connectivity index (χ1) is 28.7. The Labute approximate surface area is 352 Å². The Morgan fingerprint density at radius 2 is 1.20 bits per heavy atom. The number of nitrogens with two attached hydrogens (primary N) is 4. The third-order valence-corrected chi connectivity index (χ3v) is 9.46. The van der Waals surface area contributed by atoms with E-state index in [0.717, 1.165) is 0 Å². The molecule has 1 saturated heterocycles. The highest BCUT2D eigenvalue weighted by atomic mass is 16.4. The van der Waals surface area contributed by atoms with E-state index in [1.165, 1.54) is 36.1 Å². The molecule has 0 spiro atoms. The van der Waals surface area contributed by atoms with Gasteiger partial charge in [-0.25, -0.2) is 4.79 Å². The third-order valence-electron chi connectivity index (χ3n) is 9.46. The minimum absolute atomic E-state index is 0.00203. The molecule has 1 aromatic rings. The molecule has 1 aliphatic heterocycles. The summed E-state index contributed by atoms with van der Waals surface area (Å²) in [5.74, 6) is -8.28. The van der Waals surface area contributed by atoms with Crippen molar-refractivity contribution in [2.75, 3.05) is 19.6 Å². The normalized spacial score (nSPS) is 15.8. The molecule has 1 fully saturated rings. The molecule has 0 radical (unpaired) electrons. The van der Waals surface area contributed by atoms with Crippen molar-refractivity contribution in [3.8, 4) is 5.75 Å². The van der Waals surface area contributed by atoms with Crippen LogP contribution in [0.15, 0.2) is 34.3 Å². The van der Waals surface area contributed by atoms with E-state index in [1.807, 2.05) is 0 Å². The topological polar surface area (TPSA) is 389 Å². The van der Waals surface area contributed by atoms with Gasteiger partial charge in [0.15, 0.2) is 11.9 Å². The number of hydrogen-bond acceptors (Lipinski definition) is 11. The van der Waals surface area contributed by atoms with Gasteiger partial charge in [0.2, 0.25) is 35.4 Å². The zero-order valence-corrected chi connectivity index (χ0v) is 34.6. The van der Waals surface area contributed by atoms with Crippen LogP contribution in [-0.2, 0) is 44.8 Å². The number of guanidine groups is 2. The molecule has 0 bridgehead atoms. The number of hydrogen-bond donors (Lipinski definition) is 12. The molecule has 1 aromatic carbocycles. The molecule has 61 heavy (non-hydrogen) atoms. The average Bonchev–Trinajstić information content (AvgIpc) is 3.67. The molecule has 0 saturated carbocycles. The van der Waals surface area contributed by atoms with Gasteiger partial charge in [-0.3, -0.25) is 43.5 Å². The maximum atomic E-state index is 14.1. The van der Waals surface area contributed by atoms with Crippen LogP contribution in [0.2, 0.25) is 0 Å². The van der Waals surface area contributed by atoms with Crippen LogP contribution >= 0.6 is 0 Å². The Bertz CT molecular complexity index is 1760. The lowest BCUT2D eigenvalue weighted by molar-refractivity contribution is -0.143. The van der Waals surface area contributed by atoms with Crippen molar-refractivity contribution in [3.63, 3.8) is 0 Å². The molecule has 1 heterocycles. The van der Waals surface area contributed by atoms with E-state index in [4.69, 9.17) is 22.9 Å². The van der Waals surface area contributed by atoms with E-state index in [9.17, 15) is 53.7 Å². The SMILES string of the molecule is CC(=O)N1CCC[C@H]1C(=O)N[C@@H](CC(=O)O)C(=O)N[C@@H](CCCN=C(N)N)C(=O)N[C@@H](Cc1ccc(O)cc1)C(=O)N[C@@H](CCCN=C(N)N)C(=O)N[C@@H](CC(C)C)C(=O)O. The number of phenols is 1. The number of nitrogens with one attached hydrogen (secondary N) is 5. The first kappa shape index (κ1) is 50.5. The van der Waals surface area contributed by atoms with Crippen molar-refractivity contribution in [1.82, 2.24) is 31.5 Å². The van der Waals surface area contributed by atoms with Crippen LogP contribution in [0, 0.1) is 5.92 Å². The number of aliphatic carboxylic acids is 2. The van der Waals surface area contributed by atoms with Gasteiger partial charge in [-0.1, -0.05) is 26.0 Å². The summed E-state index contributed by atoms with van der Waals surface area (Å²) in [5, 5.41) is 41.8. The minimum Gasteiger partial charge on any atom is -0.508 e. The van der Waals surface area contributed by atoms with Crippen LogP contribution in [0.1, 0.15) is 77.7 Å². The number of likely N-dealkylation sites (tertiary alicyclic amines) is 1. The summed E-state index contributed by atoms with van der Waals surface area (Å²) in [5.41, 5.74) is 22.2. The smallest absolute Gasteiger partial charge is 0.326 e. The number of carbonyl (C=O) groups is 8. The van der Waals surface area contributed by atoms with Gasteiger partial charge in [-0.2, -0.15) is 0 Å². The molecular formula is C38H60N12O11. The Morgan fingerprint density at radius 1 is 0.721 bits per heavy atom.